The first-order chi connectivity index (χ1) is 8.74. The average molecular weight is 270 g/mol. The summed E-state index contributed by atoms with van der Waals surface area (Å²) in [6.45, 7) is 5.61. The second-order valence-corrected chi connectivity index (χ2v) is 6.37. The van der Waals surface area contributed by atoms with Gasteiger partial charge in [-0.3, -0.25) is 4.79 Å². The van der Waals surface area contributed by atoms with Crippen molar-refractivity contribution in [2.75, 3.05) is 13.6 Å². The minimum atomic E-state index is -0.933. The van der Waals surface area contributed by atoms with Gasteiger partial charge in [0, 0.05) is 19.6 Å². The Bertz CT molecular complexity index is 334. The van der Waals surface area contributed by atoms with E-state index in [-0.39, 0.29) is 18.6 Å². The molecule has 0 radical (unpaired) electrons. The number of carboxylic acids is 1. The fraction of sp³-hybridized carbons (Fsp3) is 0.857. The number of rotatable bonds is 4. The molecule has 110 valence electrons. The molecule has 0 heterocycles. The highest BCUT2D eigenvalue weighted by Gasteiger charge is 2.29. The molecular weight excluding hydrogens is 244 g/mol. The van der Waals surface area contributed by atoms with Crippen LogP contribution in [0.1, 0.15) is 46.5 Å². The van der Waals surface area contributed by atoms with E-state index in [0.717, 1.165) is 31.6 Å². The van der Waals surface area contributed by atoms with E-state index >= 15 is 0 Å². The lowest BCUT2D eigenvalue weighted by molar-refractivity contribution is -0.146. The fourth-order valence-electron chi connectivity index (χ4n) is 2.29. The van der Waals surface area contributed by atoms with Crippen LogP contribution < -0.4 is 5.32 Å². The van der Waals surface area contributed by atoms with Gasteiger partial charge in [0.05, 0.1) is 5.41 Å². The van der Waals surface area contributed by atoms with E-state index < -0.39 is 11.4 Å². The third-order valence-electron chi connectivity index (χ3n) is 4.11. The molecule has 0 bridgehead atoms. The lowest BCUT2D eigenvalue weighted by Crippen LogP contribution is -2.48. The highest BCUT2D eigenvalue weighted by Crippen LogP contribution is 2.26. The molecule has 1 aliphatic rings. The Morgan fingerprint density at radius 2 is 1.79 bits per heavy atom. The van der Waals surface area contributed by atoms with Crippen molar-refractivity contribution in [3.8, 4) is 0 Å². The lowest BCUT2D eigenvalue weighted by atomic mass is 9.87. The van der Waals surface area contributed by atoms with Gasteiger partial charge in [0.1, 0.15) is 0 Å². The van der Waals surface area contributed by atoms with E-state index in [1.165, 1.54) is 0 Å². The van der Waals surface area contributed by atoms with Crippen molar-refractivity contribution in [2.45, 2.75) is 52.5 Å². The first kappa shape index (κ1) is 15.8. The number of nitrogens with one attached hydrogen (secondary N) is 1. The van der Waals surface area contributed by atoms with E-state index in [1.54, 1.807) is 25.8 Å². The number of carboxylic acid groups (broad SMARTS) is 1. The van der Waals surface area contributed by atoms with Gasteiger partial charge in [-0.1, -0.05) is 6.92 Å². The topological polar surface area (TPSA) is 69.6 Å². The van der Waals surface area contributed by atoms with E-state index in [2.05, 4.69) is 12.2 Å². The molecule has 1 rings (SSSR count). The Kier molecular flexibility index (Phi) is 5.20. The van der Waals surface area contributed by atoms with Crippen LogP contribution in [-0.2, 0) is 4.79 Å². The van der Waals surface area contributed by atoms with Gasteiger partial charge >= 0.3 is 12.0 Å². The molecule has 0 spiro atoms. The number of carbonyl (C=O) groups excluding carboxylic acids is 1. The van der Waals surface area contributed by atoms with Crippen LogP contribution >= 0.6 is 0 Å². The lowest BCUT2D eigenvalue weighted by Gasteiger charge is -2.34. The van der Waals surface area contributed by atoms with Gasteiger partial charge in [0.15, 0.2) is 0 Å². The van der Waals surface area contributed by atoms with Crippen molar-refractivity contribution in [3.63, 3.8) is 0 Å². The predicted molar refractivity (Wildman–Crippen MR) is 74.0 cm³/mol. The summed E-state index contributed by atoms with van der Waals surface area (Å²) in [7, 11) is 1.80. The summed E-state index contributed by atoms with van der Waals surface area (Å²) < 4.78 is 0. The highest BCUT2D eigenvalue weighted by molar-refractivity contribution is 5.77. The SMILES string of the molecule is CC1CCC(N(C)C(=O)NCC(C)(C)C(=O)O)CC1. The van der Waals surface area contributed by atoms with Crippen LogP contribution in [0.5, 0.6) is 0 Å². The van der Waals surface area contributed by atoms with E-state index in [0.29, 0.717) is 0 Å². The summed E-state index contributed by atoms with van der Waals surface area (Å²) >= 11 is 0. The highest BCUT2D eigenvalue weighted by atomic mass is 16.4. The standard InChI is InChI=1S/C14H26N2O3/c1-10-5-7-11(8-6-10)16(4)13(19)15-9-14(2,3)12(17)18/h10-11H,5-9H2,1-4H3,(H,15,19)(H,17,18). The van der Waals surface area contributed by atoms with E-state index in [1.807, 2.05) is 0 Å². The molecule has 19 heavy (non-hydrogen) atoms. The second kappa shape index (κ2) is 6.26. The molecule has 1 fully saturated rings. The van der Waals surface area contributed by atoms with Crippen molar-refractivity contribution in [2.24, 2.45) is 11.3 Å². The summed E-state index contributed by atoms with van der Waals surface area (Å²) in [4.78, 5) is 24.7. The van der Waals surface area contributed by atoms with Gasteiger partial charge in [0.25, 0.3) is 0 Å². The fourth-order valence-corrected chi connectivity index (χ4v) is 2.29. The maximum atomic E-state index is 12.0. The van der Waals surface area contributed by atoms with Crippen LogP contribution in [0.2, 0.25) is 0 Å². The van der Waals surface area contributed by atoms with E-state index in [4.69, 9.17) is 5.11 Å². The molecule has 0 unspecified atom stereocenters. The Morgan fingerprint density at radius 3 is 2.26 bits per heavy atom. The molecular formula is C14H26N2O3. The van der Waals surface area contributed by atoms with Gasteiger partial charge < -0.3 is 15.3 Å². The molecule has 0 aliphatic heterocycles. The monoisotopic (exact) mass is 270 g/mol. The maximum Gasteiger partial charge on any atom is 0.317 e. The quantitative estimate of drug-likeness (QED) is 0.823. The Hall–Kier alpha value is -1.26. The van der Waals surface area contributed by atoms with Crippen molar-refractivity contribution in [3.05, 3.63) is 0 Å². The third-order valence-corrected chi connectivity index (χ3v) is 4.11. The first-order valence-corrected chi connectivity index (χ1v) is 6.98. The van der Waals surface area contributed by atoms with Crippen LogP contribution in [-0.4, -0.2) is 41.6 Å². The molecule has 1 saturated carbocycles. The number of aliphatic carboxylic acids is 1. The molecule has 0 aromatic heterocycles. The summed E-state index contributed by atoms with van der Waals surface area (Å²) in [5.41, 5.74) is -0.933. The molecule has 2 amide bonds. The summed E-state index contributed by atoms with van der Waals surface area (Å²) in [6, 6.07) is 0.109. The van der Waals surface area contributed by atoms with Crippen LogP contribution in [0.25, 0.3) is 0 Å². The van der Waals surface area contributed by atoms with Gasteiger partial charge in [-0.05, 0) is 45.4 Å². The zero-order valence-corrected chi connectivity index (χ0v) is 12.4. The predicted octanol–water partition coefficient (Wildman–Crippen LogP) is 2.32. The normalized spacial score (nSPS) is 23.8. The summed E-state index contributed by atoms with van der Waals surface area (Å²) in [5.74, 6) is -0.152. The number of hydrogen-bond donors (Lipinski definition) is 2. The van der Waals surface area contributed by atoms with E-state index in [9.17, 15) is 9.59 Å². The minimum Gasteiger partial charge on any atom is -0.481 e. The molecule has 0 atom stereocenters. The van der Waals surface area contributed by atoms with Gasteiger partial charge in [-0.2, -0.15) is 0 Å². The summed E-state index contributed by atoms with van der Waals surface area (Å²) in [6.07, 6.45) is 4.38. The zero-order chi connectivity index (χ0) is 14.6. The van der Waals surface area contributed by atoms with Crippen LogP contribution in [0.3, 0.4) is 0 Å². The van der Waals surface area contributed by atoms with Crippen molar-refractivity contribution in [1.82, 2.24) is 10.2 Å². The Balaban J connectivity index is 2.43. The molecule has 0 aromatic rings. The molecule has 0 aromatic carbocycles. The number of nitrogens with zero attached hydrogens (tertiary/aromatic N) is 1. The number of hydrogen-bond acceptors (Lipinski definition) is 2. The van der Waals surface area contributed by atoms with Crippen LogP contribution in [0.4, 0.5) is 4.79 Å². The molecule has 0 saturated heterocycles. The van der Waals surface area contributed by atoms with Gasteiger partial charge in [0.2, 0.25) is 0 Å². The Morgan fingerprint density at radius 1 is 1.26 bits per heavy atom. The minimum absolute atomic E-state index is 0.147. The molecule has 5 nitrogen and oxygen atoms in total. The summed E-state index contributed by atoms with van der Waals surface area (Å²) in [5, 5.41) is 11.7. The Labute approximate surface area is 115 Å². The van der Waals surface area contributed by atoms with Gasteiger partial charge in [-0.15, -0.1) is 0 Å². The van der Waals surface area contributed by atoms with Crippen molar-refractivity contribution in [1.29, 1.82) is 0 Å². The van der Waals surface area contributed by atoms with Crippen LogP contribution in [0.15, 0.2) is 0 Å². The second-order valence-electron chi connectivity index (χ2n) is 6.37. The first-order valence-electron chi connectivity index (χ1n) is 6.98. The largest absolute Gasteiger partial charge is 0.481 e. The molecule has 2 N–H and O–H groups in total. The number of amides is 2. The smallest absolute Gasteiger partial charge is 0.317 e. The van der Waals surface area contributed by atoms with Crippen molar-refractivity contribution < 1.29 is 14.7 Å². The average Bonchev–Trinajstić information content (AvgIpc) is 2.36. The third kappa shape index (κ3) is 4.40. The molecule has 1 aliphatic carbocycles. The van der Waals surface area contributed by atoms with Gasteiger partial charge in [-0.25, -0.2) is 4.79 Å². The zero-order valence-electron chi connectivity index (χ0n) is 12.4. The van der Waals surface area contributed by atoms with Crippen LogP contribution in [0, 0.1) is 11.3 Å². The molecule has 5 heteroatoms. The van der Waals surface area contributed by atoms with Crippen molar-refractivity contribution >= 4 is 12.0 Å². The number of carbonyl (C=O) groups is 2. The number of urea groups is 1. The maximum absolute atomic E-state index is 12.0.